The quantitative estimate of drug-likeness (QED) is 0.671. The molecule has 122 valence electrons. The molecule has 0 saturated heterocycles. The van der Waals surface area contributed by atoms with Gasteiger partial charge in [0.05, 0.1) is 0 Å². The van der Waals surface area contributed by atoms with Crippen LogP contribution in [0.3, 0.4) is 0 Å². The van der Waals surface area contributed by atoms with Gasteiger partial charge in [0.1, 0.15) is 0 Å². The van der Waals surface area contributed by atoms with E-state index in [1.807, 2.05) is 24.3 Å². The fourth-order valence-electron chi connectivity index (χ4n) is 1.73. The Morgan fingerprint density at radius 3 is 2.35 bits per heavy atom. The summed E-state index contributed by atoms with van der Waals surface area (Å²) in [6.45, 7) is 0.329. The van der Waals surface area contributed by atoms with E-state index in [4.69, 9.17) is 0 Å². The van der Waals surface area contributed by atoms with Crippen LogP contribution in [0.4, 0.5) is 23.7 Å². The Morgan fingerprint density at radius 2 is 1.74 bits per heavy atom. The third-order valence-corrected chi connectivity index (χ3v) is 4.26. The summed E-state index contributed by atoms with van der Waals surface area (Å²) in [6, 6.07) is 12.5. The molecule has 0 bridgehead atoms. The molecule has 0 aliphatic carbocycles. The number of hydrogen-bond donors (Lipinski definition) is 2. The normalized spacial score (nSPS) is 11.1. The van der Waals surface area contributed by atoms with Crippen molar-refractivity contribution >= 4 is 39.4 Å². The molecule has 0 radical (unpaired) electrons. The van der Waals surface area contributed by atoms with E-state index in [9.17, 15) is 18.0 Å². The molecule has 3 nitrogen and oxygen atoms in total. The number of urea groups is 1. The number of carbonyl (C=O) groups excluding carboxylic acids is 1. The summed E-state index contributed by atoms with van der Waals surface area (Å²) in [7, 11) is 0. The topological polar surface area (TPSA) is 41.1 Å². The van der Waals surface area contributed by atoms with Crippen LogP contribution in [0, 0.1) is 0 Å². The standard InChI is InChI=1S/C15H12BrF3N2OS/c16-13-4-2-1-3-10(13)9-20-14(22)21-11-5-7-12(8-6-11)23-15(17,18)19/h1-8H,9H2,(H2,20,21,22). The molecule has 0 aliphatic rings. The van der Waals surface area contributed by atoms with Crippen molar-refractivity contribution in [2.45, 2.75) is 16.9 Å². The maximum atomic E-state index is 12.2. The van der Waals surface area contributed by atoms with Crippen LogP contribution in [0.1, 0.15) is 5.56 Å². The van der Waals surface area contributed by atoms with Crippen molar-refractivity contribution in [2.75, 3.05) is 5.32 Å². The van der Waals surface area contributed by atoms with Crippen LogP contribution in [-0.2, 0) is 6.54 Å². The van der Waals surface area contributed by atoms with Crippen LogP contribution in [0.2, 0.25) is 0 Å². The molecule has 23 heavy (non-hydrogen) atoms. The average Bonchev–Trinajstić information content (AvgIpc) is 2.47. The summed E-state index contributed by atoms with van der Waals surface area (Å²) in [4.78, 5) is 11.9. The predicted molar refractivity (Wildman–Crippen MR) is 88.4 cm³/mol. The largest absolute Gasteiger partial charge is 0.446 e. The maximum absolute atomic E-state index is 12.2. The highest BCUT2D eigenvalue weighted by molar-refractivity contribution is 9.10. The summed E-state index contributed by atoms with van der Waals surface area (Å²) < 4.78 is 37.6. The number of rotatable bonds is 4. The molecule has 0 aromatic heterocycles. The zero-order chi connectivity index (χ0) is 16.9. The van der Waals surface area contributed by atoms with E-state index < -0.39 is 11.5 Å². The highest BCUT2D eigenvalue weighted by Gasteiger charge is 2.28. The van der Waals surface area contributed by atoms with E-state index in [2.05, 4.69) is 26.6 Å². The zero-order valence-electron chi connectivity index (χ0n) is 11.7. The molecule has 2 amide bonds. The Balaban J connectivity index is 1.87. The molecule has 0 spiro atoms. The van der Waals surface area contributed by atoms with Crippen LogP contribution in [0.25, 0.3) is 0 Å². The lowest BCUT2D eigenvalue weighted by Crippen LogP contribution is -2.28. The van der Waals surface area contributed by atoms with Crippen molar-refractivity contribution < 1.29 is 18.0 Å². The van der Waals surface area contributed by atoms with Gasteiger partial charge in [0.2, 0.25) is 0 Å². The summed E-state index contributed by atoms with van der Waals surface area (Å²) in [6.07, 6.45) is 0. The Hall–Kier alpha value is -1.67. The van der Waals surface area contributed by atoms with Crippen molar-refractivity contribution in [3.8, 4) is 0 Å². The Bertz CT molecular complexity index is 677. The zero-order valence-corrected chi connectivity index (χ0v) is 14.1. The van der Waals surface area contributed by atoms with Gasteiger partial charge < -0.3 is 10.6 Å². The number of halogens is 4. The van der Waals surface area contributed by atoms with E-state index in [-0.39, 0.29) is 16.7 Å². The summed E-state index contributed by atoms with van der Waals surface area (Å²) >= 11 is 3.18. The predicted octanol–water partition coefficient (Wildman–Crippen LogP) is 5.38. The number of nitrogens with one attached hydrogen (secondary N) is 2. The second kappa shape index (κ2) is 7.74. The monoisotopic (exact) mass is 404 g/mol. The van der Waals surface area contributed by atoms with Gasteiger partial charge in [-0.15, -0.1) is 0 Å². The van der Waals surface area contributed by atoms with Gasteiger partial charge in [0, 0.05) is 21.6 Å². The smallest absolute Gasteiger partial charge is 0.334 e. The minimum Gasteiger partial charge on any atom is -0.334 e. The maximum Gasteiger partial charge on any atom is 0.446 e. The van der Waals surface area contributed by atoms with Crippen molar-refractivity contribution in [3.05, 3.63) is 58.6 Å². The van der Waals surface area contributed by atoms with Gasteiger partial charge in [-0.25, -0.2) is 4.79 Å². The fourth-order valence-corrected chi connectivity index (χ4v) is 2.70. The molecule has 2 rings (SSSR count). The molecule has 2 aromatic carbocycles. The summed E-state index contributed by atoms with van der Waals surface area (Å²) in [5, 5.41) is 5.24. The van der Waals surface area contributed by atoms with Gasteiger partial charge in [-0.3, -0.25) is 0 Å². The van der Waals surface area contributed by atoms with Gasteiger partial charge >= 0.3 is 11.5 Å². The summed E-state index contributed by atoms with van der Waals surface area (Å²) in [5.41, 5.74) is -2.99. The first-order valence-corrected chi connectivity index (χ1v) is 8.08. The number of anilines is 1. The van der Waals surface area contributed by atoms with Crippen LogP contribution >= 0.6 is 27.7 Å². The highest BCUT2D eigenvalue weighted by Crippen LogP contribution is 2.37. The van der Waals surface area contributed by atoms with E-state index >= 15 is 0 Å². The van der Waals surface area contributed by atoms with Crippen LogP contribution in [-0.4, -0.2) is 11.5 Å². The minimum atomic E-state index is -4.32. The first-order chi connectivity index (χ1) is 10.8. The molecule has 0 saturated carbocycles. The molecule has 2 aromatic rings. The first-order valence-electron chi connectivity index (χ1n) is 6.47. The van der Waals surface area contributed by atoms with E-state index in [0.29, 0.717) is 12.2 Å². The van der Waals surface area contributed by atoms with E-state index in [0.717, 1.165) is 10.0 Å². The lowest BCUT2D eigenvalue weighted by Gasteiger charge is -2.10. The molecular weight excluding hydrogens is 393 g/mol. The van der Waals surface area contributed by atoms with Crippen molar-refractivity contribution in [1.29, 1.82) is 0 Å². The molecule has 0 heterocycles. The third-order valence-electron chi connectivity index (χ3n) is 2.74. The van der Waals surface area contributed by atoms with Gasteiger partial charge in [-0.05, 0) is 47.7 Å². The fraction of sp³-hybridized carbons (Fsp3) is 0.133. The number of amides is 2. The summed E-state index contributed by atoms with van der Waals surface area (Å²) in [5.74, 6) is 0. The van der Waals surface area contributed by atoms with Gasteiger partial charge in [-0.1, -0.05) is 34.1 Å². The second-order valence-corrected chi connectivity index (χ2v) is 6.46. The molecule has 0 aliphatic heterocycles. The van der Waals surface area contributed by atoms with E-state index in [1.54, 1.807) is 0 Å². The Morgan fingerprint density at radius 1 is 1.09 bits per heavy atom. The van der Waals surface area contributed by atoms with Gasteiger partial charge in [0.15, 0.2) is 0 Å². The molecule has 8 heteroatoms. The first kappa shape index (κ1) is 17.7. The number of carbonyl (C=O) groups is 1. The lowest BCUT2D eigenvalue weighted by atomic mass is 10.2. The highest BCUT2D eigenvalue weighted by atomic mass is 79.9. The molecule has 0 fully saturated rings. The molecule has 0 atom stereocenters. The van der Waals surface area contributed by atoms with Crippen LogP contribution in [0.5, 0.6) is 0 Å². The minimum absolute atomic E-state index is 0.0664. The number of benzene rings is 2. The Kier molecular flexibility index (Phi) is 5.95. The number of hydrogen-bond acceptors (Lipinski definition) is 2. The van der Waals surface area contributed by atoms with E-state index in [1.165, 1.54) is 24.3 Å². The van der Waals surface area contributed by atoms with Crippen molar-refractivity contribution in [1.82, 2.24) is 5.32 Å². The van der Waals surface area contributed by atoms with Crippen LogP contribution < -0.4 is 10.6 Å². The molecule has 0 unspecified atom stereocenters. The number of alkyl halides is 3. The SMILES string of the molecule is O=C(NCc1ccccc1Br)Nc1ccc(SC(F)(F)F)cc1. The van der Waals surface area contributed by atoms with Crippen molar-refractivity contribution in [3.63, 3.8) is 0 Å². The molecular formula is C15H12BrF3N2OS. The van der Waals surface area contributed by atoms with Gasteiger partial charge in [-0.2, -0.15) is 13.2 Å². The lowest BCUT2D eigenvalue weighted by molar-refractivity contribution is -0.0328. The van der Waals surface area contributed by atoms with Crippen LogP contribution in [0.15, 0.2) is 57.9 Å². The number of thioether (sulfide) groups is 1. The van der Waals surface area contributed by atoms with Gasteiger partial charge in [0.25, 0.3) is 0 Å². The second-order valence-electron chi connectivity index (χ2n) is 4.47. The molecule has 2 N–H and O–H groups in total. The Labute approximate surface area is 143 Å². The van der Waals surface area contributed by atoms with Crippen molar-refractivity contribution in [2.24, 2.45) is 0 Å². The third kappa shape index (κ3) is 6.15. The average molecular weight is 405 g/mol.